The van der Waals surface area contributed by atoms with E-state index in [0.29, 0.717) is 25.2 Å². The number of benzene rings is 2. The van der Waals surface area contributed by atoms with Crippen LogP contribution in [0.4, 0.5) is 0 Å². The van der Waals surface area contributed by atoms with Crippen molar-refractivity contribution in [2.75, 3.05) is 13.1 Å². The molecule has 2 aromatic rings. The van der Waals surface area contributed by atoms with Crippen molar-refractivity contribution in [1.82, 2.24) is 16.0 Å². The van der Waals surface area contributed by atoms with Gasteiger partial charge in [0.05, 0.1) is 6.54 Å². The summed E-state index contributed by atoms with van der Waals surface area (Å²) >= 11 is 0. The van der Waals surface area contributed by atoms with Gasteiger partial charge < -0.3 is 16.0 Å². The van der Waals surface area contributed by atoms with Gasteiger partial charge in [-0.25, -0.2) is 4.99 Å². The zero-order chi connectivity index (χ0) is 18.6. The Balaban J connectivity index is 0.00000364. The van der Waals surface area contributed by atoms with Crippen LogP contribution in [0.25, 0.3) is 0 Å². The van der Waals surface area contributed by atoms with Gasteiger partial charge in [0.15, 0.2) is 5.96 Å². The molecule has 3 N–H and O–H groups in total. The second kappa shape index (κ2) is 13.1. The van der Waals surface area contributed by atoms with E-state index in [1.807, 2.05) is 56.3 Å². The van der Waals surface area contributed by atoms with Crippen molar-refractivity contribution in [3.05, 3.63) is 71.3 Å². The number of carbonyl (C=O) groups excluding carboxylic acids is 1. The highest BCUT2D eigenvalue weighted by atomic mass is 127. The molecule has 0 heterocycles. The third-order valence-electron chi connectivity index (χ3n) is 3.79. The third kappa shape index (κ3) is 8.43. The molecule has 0 aliphatic rings. The minimum Gasteiger partial charge on any atom is -0.357 e. The summed E-state index contributed by atoms with van der Waals surface area (Å²) in [5, 5.41) is 9.48. The van der Waals surface area contributed by atoms with Crippen molar-refractivity contribution in [2.45, 2.75) is 33.4 Å². The summed E-state index contributed by atoms with van der Waals surface area (Å²) in [6, 6.07) is 17.8. The van der Waals surface area contributed by atoms with Gasteiger partial charge in [-0.3, -0.25) is 4.79 Å². The fourth-order valence-electron chi connectivity index (χ4n) is 2.45. The third-order valence-corrected chi connectivity index (χ3v) is 3.79. The standard InChI is InChI=1S/C21H28N4O.HI/c1-3-13-23-20(26)19-12-8-11-18(14-19)16-25-21(22-4-2)24-15-17-9-6-5-7-10-17;/h5-12,14H,3-4,13,15-16H2,1-2H3,(H,23,26)(H2,22,24,25);1H. The highest BCUT2D eigenvalue weighted by Gasteiger charge is 2.05. The summed E-state index contributed by atoms with van der Waals surface area (Å²) in [6.07, 6.45) is 0.925. The van der Waals surface area contributed by atoms with Crippen LogP contribution in [-0.4, -0.2) is 25.0 Å². The molecule has 0 spiro atoms. The number of aliphatic imine (C=N–C) groups is 1. The Kier molecular flexibility index (Phi) is 11.2. The number of amides is 1. The van der Waals surface area contributed by atoms with Crippen LogP contribution in [-0.2, 0) is 13.1 Å². The lowest BCUT2D eigenvalue weighted by Gasteiger charge is -2.11. The number of hydrogen-bond donors (Lipinski definition) is 3. The largest absolute Gasteiger partial charge is 0.357 e. The number of guanidine groups is 1. The fourth-order valence-corrected chi connectivity index (χ4v) is 2.45. The van der Waals surface area contributed by atoms with Crippen LogP contribution in [0, 0.1) is 0 Å². The number of hydrogen-bond acceptors (Lipinski definition) is 2. The predicted molar refractivity (Wildman–Crippen MR) is 123 cm³/mol. The van der Waals surface area contributed by atoms with Crippen LogP contribution in [0.5, 0.6) is 0 Å². The Morgan fingerprint density at radius 3 is 2.37 bits per heavy atom. The Morgan fingerprint density at radius 2 is 1.67 bits per heavy atom. The van der Waals surface area contributed by atoms with E-state index in [1.54, 1.807) is 0 Å². The van der Waals surface area contributed by atoms with Gasteiger partial charge >= 0.3 is 0 Å². The maximum absolute atomic E-state index is 12.1. The summed E-state index contributed by atoms with van der Waals surface area (Å²) in [6.45, 7) is 6.79. The lowest BCUT2D eigenvalue weighted by atomic mass is 10.1. The van der Waals surface area contributed by atoms with Crippen molar-refractivity contribution >= 4 is 35.8 Å². The van der Waals surface area contributed by atoms with E-state index < -0.39 is 0 Å². The minimum atomic E-state index is -0.0354. The number of nitrogens with one attached hydrogen (secondary N) is 3. The summed E-state index contributed by atoms with van der Waals surface area (Å²) in [7, 11) is 0. The van der Waals surface area contributed by atoms with Crippen LogP contribution in [0.15, 0.2) is 59.6 Å². The van der Waals surface area contributed by atoms with Gasteiger partial charge in [0, 0.05) is 25.2 Å². The first-order valence-electron chi connectivity index (χ1n) is 9.16. The average molecular weight is 480 g/mol. The molecule has 0 saturated heterocycles. The monoisotopic (exact) mass is 480 g/mol. The van der Waals surface area contributed by atoms with Crippen molar-refractivity contribution in [3.63, 3.8) is 0 Å². The van der Waals surface area contributed by atoms with Crippen LogP contribution in [0.2, 0.25) is 0 Å². The van der Waals surface area contributed by atoms with E-state index in [-0.39, 0.29) is 29.9 Å². The van der Waals surface area contributed by atoms with E-state index in [0.717, 1.165) is 24.5 Å². The van der Waals surface area contributed by atoms with Gasteiger partial charge in [-0.05, 0) is 36.6 Å². The van der Waals surface area contributed by atoms with Crippen LogP contribution in [0.3, 0.4) is 0 Å². The van der Waals surface area contributed by atoms with Crippen molar-refractivity contribution in [1.29, 1.82) is 0 Å². The molecule has 6 heteroatoms. The fraction of sp³-hybridized carbons (Fsp3) is 0.333. The molecule has 2 rings (SSSR count). The Morgan fingerprint density at radius 1 is 0.926 bits per heavy atom. The molecule has 2 aromatic carbocycles. The number of carbonyl (C=O) groups is 1. The highest BCUT2D eigenvalue weighted by molar-refractivity contribution is 14.0. The smallest absolute Gasteiger partial charge is 0.251 e. The molecule has 0 aliphatic heterocycles. The Labute approximate surface area is 179 Å². The minimum absolute atomic E-state index is 0. The first kappa shape index (κ1) is 23.0. The van der Waals surface area contributed by atoms with E-state index in [9.17, 15) is 4.79 Å². The first-order chi connectivity index (χ1) is 12.7. The molecule has 5 nitrogen and oxygen atoms in total. The van der Waals surface area contributed by atoms with Crippen molar-refractivity contribution in [2.24, 2.45) is 4.99 Å². The molecule has 146 valence electrons. The van der Waals surface area contributed by atoms with E-state index >= 15 is 0 Å². The van der Waals surface area contributed by atoms with Gasteiger partial charge in [-0.15, -0.1) is 24.0 Å². The predicted octanol–water partition coefficient (Wildman–Crippen LogP) is 3.70. The summed E-state index contributed by atoms with van der Waals surface area (Å²) in [4.78, 5) is 16.7. The molecule has 0 bridgehead atoms. The topological polar surface area (TPSA) is 65.5 Å². The first-order valence-corrected chi connectivity index (χ1v) is 9.16. The van der Waals surface area contributed by atoms with E-state index in [2.05, 4.69) is 33.1 Å². The lowest BCUT2D eigenvalue weighted by Crippen LogP contribution is -2.36. The van der Waals surface area contributed by atoms with Gasteiger partial charge in [-0.2, -0.15) is 0 Å². The van der Waals surface area contributed by atoms with Crippen LogP contribution < -0.4 is 16.0 Å². The second-order valence-electron chi connectivity index (χ2n) is 5.99. The lowest BCUT2D eigenvalue weighted by molar-refractivity contribution is 0.0953. The Hall–Kier alpha value is -2.09. The van der Waals surface area contributed by atoms with Crippen molar-refractivity contribution < 1.29 is 4.79 Å². The maximum atomic E-state index is 12.1. The summed E-state index contributed by atoms with van der Waals surface area (Å²) in [5.41, 5.74) is 2.88. The zero-order valence-corrected chi connectivity index (χ0v) is 18.3. The summed E-state index contributed by atoms with van der Waals surface area (Å²) in [5.74, 6) is 0.726. The Bertz CT molecular complexity index is 719. The molecule has 0 aliphatic carbocycles. The molecule has 27 heavy (non-hydrogen) atoms. The summed E-state index contributed by atoms with van der Waals surface area (Å²) < 4.78 is 0. The molecule has 0 unspecified atom stereocenters. The van der Waals surface area contributed by atoms with Crippen LogP contribution in [0.1, 0.15) is 41.8 Å². The van der Waals surface area contributed by atoms with E-state index in [1.165, 1.54) is 5.56 Å². The normalized spacial score (nSPS) is 10.7. The molecule has 1 amide bonds. The van der Waals surface area contributed by atoms with Gasteiger partial charge in [-0.1, -0.05) is 49.4 Å². The molecule has 0 atom stereocenters. The molecule has 0 radical (unpaired) electrons. The second-order valence-corrected chi connectivity index (χ2v) is 5.99. The highest BCUT2D eigenvalue weighted by Crippen LogP contribution is 2.07. The van der Waals surface area contributed by atoms with Crippen molar-refractivity contribution in [3.8, 4) is 0 Å². The molecular formula is C21H29IN4O. The number of rotatable bonds is 8. The molecule has 0 fully saturated rings. The van der Waals surface area contributed by atoms with Gasteiger partial charge in [0.2, 0.25) is 0 Å². The SMILES string of the molecule is CCCNC(=O)c1cccc(CN=C(NCC)NCc2ccccc2)c1.I. The number of halogens is 1. The zero-order valence-electron chi connectivity index (χ0n) is 16.0. The quantitative estimate of drug-likeness (QED) is 0.307. The van der Waals surface area contributed by atoms with E-state index in [4.69, 9.17) is 0 Å². The molecule has 0 aromatic heterocycles. The van der Waals surface area contributed by atoms with Gasteiger partial charge in [0.1, 0.15) is 0 Å². The van der Waals surface area contributed by atoms with Crippen LogP contribution >= 0.6 is 24.0 Å². The maximum Gasteiger partial charge on any atom is 0.251 e. The average Bonchev–Trinajstić information content (AvgIpc) is 2.69. The molecular weight excluding hydrogens is 451 g/mol. The molecule has 0 saturated carbocycles. The van der Waals surface area contributed by atoms with Gasteiger partial charge in [0.25, 0.3) is 5.91 Å². The number of nitrogens with zero attached hydrogens (tertiary/aromatic N) is 1.